The molecule has 0 fully saturated rings. The first-order valence-corrected chi connectivity index (χ1v) is 9.14. The van der Waals surface area contributed by atoms with Crippen LogP contribution in [-0.4, -0.2) is 23.8 Å². The summed E-state index contributed by atoms with van der Waals surface area (Å²) in [4.78, 5) is 23.8. The zero-order valence-corrected chi connectivity index (χ0v) is 15.3. The number of halogens is 1. The average molecular weight is 391 g/mol. The summed E-state index contributed by atoms with van der Waals surface area (Å²) in [7, 11) is 0. The zero-order chi connectivity index (χ0) is 20.4. The van der Waals surface area contributed by atoms with Crippen molar-refractivity contribution in [2.75, 3.05) is 6.61 Å². The van der Waals surface area contributed by atoms with Crippen molar-refractivity contribution in [3.05, 3.63) is 95.3 Å². The molecule has 1 amide bonds. The number of hydrogen-bond donors (Lipinski definition) is 2. The highest BCUT2D eigenvalue weighted by molar-refractivity contribution is 5.82. The van der Waals surface area contributed by atoms with E-state index in [0.29, 0.717) is 0 Å². The summed E-state index contributed by atoms with van der Waals surface area (Å²) in [6, 6.07) is 19.5. The van der Waals surface area contributed by atoms with Crippen LogP contribution in [0.3, 0.4) is 0 Å². The molecule has 29 heavy (non-hydrogen) atoms. The van der Waals surface area contributed by atoms with E-state index in [1.165, 1.54) is 18.2 Å². The summed E-state index contributed by atoms with van der Waals surface area (Å²) in [5, 5.41) is 11.7. The predicted molar refractivity (Wildman–Crippen MR) is 105 cm³/mol. The Labute approximate surface area is 166 Å². The van der Waals surface area contributed by atoms with Crippen molar-refractivity contribution in [2.24, 2.45) is 0 Å². The number of aliphatic carboxylic acids is 1. The maximum atomic E-state index is 13.4. The van der Waals surface area contributed by atoms with E-state index in [0.717, 1.165) is 28.3 Å². The SMILES string of the molecule is O=C(N[C@@H](C(=O)O)c1cccc(F)c1)OCC1c2ccccc2-c2ccccc21. The van der Waals surface area contributed by atoms with Crippen LogP contribution in [0.4, 0.5) is 9.18 Å². The molecule has 3 aromatic carbocycles. The highest BCUT2D eigenvalue weighted by Crippen LogP contribution is 2.44. The van der Waals surface area contributed by atoms with Gasteiger partial charge in [0.2, 0.25) is 0 Å². The van der Waals surface area contributed by atoms with E-state index in [4.69, 9.17) is 4.74 Å². The largest absolute Gasteiger partial charge is 0.479 e. The molecule has 1 aliphatic carbocycles. The molecule has 0 heterocycles. The number of carbonyl (C=O) groups excluding carboxylic acids is 1. The quantitative estimate of drug-likeness (QED) is 0.672. The number of hydrogen-bond acceptors (Lipinski definition) is 3. The van der Waals surface area contributed by atoms with Gasteiger partial charge in [-0.05, 0) is 39.9 Å². The highest BCUT2D eigenvalue weighted by Gasteiger charge is 2.30. The Kier molecular flexibility index (Phi) is 4.99. The number of nitrogens with one attached hydrogen (secondary N) is 1. The molecule has 0 aliphatic heterocycles. The van der Waals surface area contributed by atoms with Crippen molar-refractivity contribution in [3.8, 4) is 11.1 Å². The maximum absolute atomic E-state index is 13.4. The van der Waals surface area contributed by atoms with Crippen LogP contribution >= 0.6 is 0 Å². The highest BCUT2D eigenvalue weighted by atomic mass is 19.1. The van der Waals surface area contributed by atoms with Crippen LogP contribution in [0, 0.1) is 5.82 Å². The van der Waals surface area contributed by atoms with Gasteiger partial charge in [-0.15, -0.1) is 0 Å². The lowest BCUT2D eigenvalue weighted by Gasteiger charge is -2.17. The van der Waals surface area contributed by atoms with Gasteiger partial charge in [0.25, 0.3) is 0 Å². The van der Waals surface area contributed by atoms with E-state index in [2.05, 4.69) is 5.32 Å². The van der Waals surface area contributed by atoms with E-state index in [-0.39, 0.29) is 18.1 Å². The number of rotatable bonds is 5. The Balaban J connectivity index is 1.49. The van der Waals surface area contributed by atoms with Gasteiger partial charge in [-0.1, -0.05) is 60.7 Å². The van der Waals surface area contributed by atoms with Crippen LogP contribution in [0.25, 0.3) is 11.1 Å². The molecule has 0 radical (unpaired) electrons. The van der Waals surface area contributed by atoms with Gasteiger partial charge in [0.1, 0.15) is 12.4 Å². The van der Waals surface area contributed by atoms with Crippen molar-refractivity contribution in [1.82, 2.24) is 5.32 Å². The van der Waals surface area contributed by atoms with Crippen LogP contribution in [0.1, 0.15) is 28.7 Å². The molecular weight excluding hydrogens is 373 g/mol. The van der Waals surface area contributed by atoms with Crippen molar-refractivity contribution in [1.29, 1.82) is 0 Å². The van der Waals surface area contributed by atoms with Gasteiger partial charge in [0.05, 0.1) is 0 Å². The minimum Gasteiger partial charge on any atom is -0.479 e. The Morgan fingerprint density at radius 1 is 0.966 bits per heavy atom. The fraction of sp³-hybridized carbons (Fsp3) is 0.130. The Morgan fingerprint density at radius 2 is 1.59 bits per heavy atom. The Morgan fingerprint density at radius 3 is 2.17 bits per heavy atom. The molecule has 1 atom stereocenters. The second-order valence-corrected chi connectivity index (χ2v) is 6.80. The number of carboxylic acids is 1. The van der Waals surface area contributed by atoms with Crippen LogP contribution in [0.2, 0.25) is 0 Å². The van der Waals surface area contributed by atoms with Crippen LogP contribution in [-0.2, 0) is 9.53 Å². The van der Waals surface area contributed by atoms with Crippen LogP contribution in [0.5, 0.6) is 0 Å². The van der Waals surface area contributed by atoms with Crippen molar-refractivity contribution >= 4 is 12.1 Å². The van der Waals surface area contributed by atoms with Crippen LogP contribution in [0.15, 0.2) is 72.8 Å². The van der Waals surface area contributed by atoms with Gasteiger partial charge < -0.3 is 15.2 Å². The lowest BCUT2D eigenvalue weighted by Crippen LogP contribution is -2.34. The second-order valence-electron chi connectivity index (χ2n) is 6.80. The first-order valence-electron chi connectivity index (χ1n) is 9.14. The third kappa shape index (κ3) is 3.69. The standard InChI is InChI=1S/C23H18FNO4/c24-15-7-5-6-14(12-15)21(22(26)27)25-23(28)29-13-20-18-10-3-1-8-16(18)17-9-2-4-11-19(17)20/h1-12,20-21H,13H2,(H,25,28)(H,26,27)/t21-/m1/s1. The van der Waals surface area contributed by atoms with Gasteiger partial charge in [-0.25, -0.2) is 14.0 Å². The summed E-state index contributed by atoms with van der Waals surface area (Å²) >= 11 is 0. The van der Waals surface area contributed by atoms with Crippen molar-refractivity contribution in [2.45, 2.75) is 12.0 Å². The number of ether oxygens (including phenoxy) is 1. The van der Waals surface area contributed by atoms with Gasteiger partial charge in [-0.3, -0.25) is 0 Å². The molecule has 1 aliphatic rings. The third-order valence-corrected chi connectivity index (χ3v) is 5.03. The predicted octanol–water partition coefficient (Wildman–Crippen LogP) is 4.49. The average Bonchev–Trinajstić information content (AvgIpc) is 3.04. The number of carboxylic acid groups (broad SMARTS) is 1. The summed E-state index contributed by atoms with van der Waals surface area (Å²) in [5.41, 5.74) is 4.44. The van der Waals surface area contributed by atoms with Crippen molar-refractivity contribution in [3.63, 3.8) is 0 Å². The summed E-state index contributed by atoms with van der Waals surface area (Å²) in [5.74, 6) is -2.02. The lowest BCUT2D eigenvalue weighted by molar-refractivity contribution is -0.139. The summed E-state index contributed by atoms with van der Waals surface area (Å²) < 4.78 is 18.8. The molecule has 0 bridgehead atoms. The van der Waals surface area contributed by atoms with Gasteiger partial charge in [-0.2, -0.15) is 0 Å². The van der Waals surface area contributed by atoms with Crippen molar-refractivity contribution < 1.29 is 23.8 Å². The van der Waals surface area contributed by atoms with E-state index in [1.807, 2.05) is 48.5 Å². The minimum atomic E-state index is -1.40. The molecule has 0 saturated heterocycles. The number of fused-ring (bicyclic) bond motifs is 3. The molecule has 0 spiro atoms. The monoisotopic (exact) mass is 391 g/mol. The summed E-state index contributed by atoms with van der Waals surface area (Å²) in [6.07, 6.45) is -0.872. The topological polar surface area (TPSA) is 75.6 Å². The second kappa shape index (κ2) is 7.75. The van der Waals surface area contributed by atoms with E-state index in [1.54, 1.807) is 0 Å². The number of alkyl carbamates (subject to hydrolysis) is 1. The first kappa shape index (κ1) is 18.7. The molecule has 2 N–H and O–H groups in total. The van der Waals surface area contributed by atoms with Gasteiger partial charge in [0, 0.05) is 5.92 Å². The van der Waals surface area contributed by atoms with E-state index >= 15 is 0 Å². The molecule has 3 aromatic rings. The third-order valence-electron chi connectivity index (χ3n) is 5.03. The fourth-order valence-electron chi connectivity index (χ4n) is 3.73. The Bertz CT molecular complexity index is 1040. The molecule has 146 valence electrons. The molecular formula is C23H18FNO4. The van der Waals surface area contributed by atoms with Gasteiger partial charge >= 0.3 is 12.1 Å². The molecule has 0 unspecified atom stereocenters. The number of benzene rings is 3. The molecule has 0 aromatic heterocycles. The number of amides is 1. The van der Waals surface area contributed by atoms with E-state index in [9.17, 15) is 19.1 Å². The lowest BCUT2D eigenvalue weighted by atomic mass is 9.98. The smallest absolute Gasteiger partial charge is 0.408 e. The molecule has 6 heteroatoms. The zero-order valence-electron chi connectivity index (χ0n) is 15.3. The molecule has 5 nitrogen and oxygen atoms in total. The maximum Gasteiger partial charge on any atom is 0.408 e. The summed E-state index contributed by atoms with van der Waals surface area (Å²) in [6.45, 7) is 0.0648. The fourth-order valence-corrected chi connectivity index (χ4v) is 3.73. The molecule has 0 saturated carbocycles. The normalized spacial score (nSPS) is 13.3. The number of carbonyl (C=O) groups is 2. The van der Waals surface area contributed by atoms with Crippen LogP contribution < -0.4 is 5.32 Å². The van der Waals surface area contributed by atoms with Gasteiger partial charge in [0.15, 0.2) is 6.04 Å². The first-order chi connectivity index (χ1) is 14.0. The Hall–Kier alpha value is -3.67. The minimum absolute atomic E-state index is 0.0648. The molecule has 4 rings (SSSR count). The van der Waals surface area contributed by atoms with E-state index < -0.39 is 23.9 Å².